The lowest BCUT2D eigenvalue weighted by Gasteiger charge is -2.33. The molecule has 98 valence electrons. The first-order chi connectivity index (χ1) is 8.21. The van der Waals surface area contributed by atoms with Crippen molar-refractivity contribution in [2.75, 3.05) is 19.6 Å². The van der Waals surface area contributed by atoms with Gasteiger partial charge >= 0.3 is 0 Å². The average molecular weight is 237 g/mol. The molecule has 0 aromatic carbocycles. The van der Waals surface area contributed by atoms with Gasteiger partial charge in [0.25, 0.3) is 0 Å². The number of rotatable bonds is 9. The number of nitrogens with zero attached hydrogens (tertiary/aromatic N) is 1. The highest BCUT2D eigenvalue weighted by atomic mass is 16.1. The van der Waals surface area contributed by atoms with Gasteiger partial charge in [-0.1, -0.05) is 13.8 Å². The van der Waals surface area contributed by atoms with Gasteiger partial charge in [-0.05, 0) is 50.4 Å². The Kier molecular flexibility index (Phi) is 4.24. The largest absolute Gasteiger partial charge is 0.303 e. The number of hydrogen-bond donors (Lipinski definition) is 0. The molecule has 2 aliphatic rings. The van der Waals surface area contributed by atoms with Crippen LogP contribution in [0.15, 0.2) is 0 Å². The molecule has 2 aliphatic carbocycles. The van der Waals surface area contributed by atoms with E-state index in [0.29, 0.717) is 0 Å². The fourth-order valence-corrected chi connectivity index (χ4v) is 2.66. The van der Waals surface area contributed by atoms with Crippen LogP contribution in [-0.2, 0) is 4.79 Å². The van der Waals surface area contributed by atoms with Gasteiger partial charge in [0, 0.05) is 25.0 Å². The van der Waals surface area contributed by atoms with Gasteiger partial charge < -0.3 is 9.69 Å². The Bertz CT molecular complexity index is 238. The smallest absolute Gasteiger partial charge is 0.127 e. The highest BCUT2D eigenvalue weighted by molar-refractivity contribution is 5.59. The van der Waals surface area contributed by atoms with Crippen LogP contribution in [0.2, 0.25) is 0 Å². The molecular weight excluding hydrogens is 210 g/mol. The minimum Gasteiger partial charge on any atom is -0.303 e. The van der Waals surface area contributed by atoms with E-state index in [-0.39, 0.29) is 5.41 Å². The molecule has 0 radical (unpaired) electrons. The third-order valence-corrected chi connectivity index (χ3v) is 4.62. The summed E-state index contributed by atoms with van der Waals surface area (Å²) in [6.45, 7) is 7.79. The van der Waals surface area contributed by atoms with Crippen molar-refractivity contribution >= 4 is 6.29 Å². The fourth-order valence-electron chi connectivity index (χ4n) is 2.66. The maximum absolute atomic E-state index is 11.4. The molecule has 0 aromatic heterocycles. The van der Waals surface area contributed by atoms with Crippen molar-refractivity contribution < 1.29 is 4.79 Å². The van der Waals surface area contributed by atoms with Crippen LogP contribution in [0.3, 0.4) is 0 Å². The van der Waals surface area contributed by atoms with E-state index in [0.717, 1.165) is 31.2 Å². The van der Waals surface area contributed by atoms with Crippen molar-refractivity contribution in [3.63, 3.8) is 0 Å². The van der Waals surface area contributed by atoms with Gasteiger partial charge in [-0.25, -0.2) is 0 Å². The molecular formula is C15H27NO. The predicted octanol–water partition coefficient (Wildman–Crippen LogP) is 3.11. The normalized spacial score (nSPS) is 20.9. The van der Waals surface area contributed by atoms with E-state index in [9.17, 15) is 4.79 Å². The molecule has 0 aliphatic heterocycles. The Balaban J connectivity index is 1.90. The summed E-state index contributed by atoms with van der Waals surface area (Å²) >= 11 is 0. The summed E-state index contributed by atoms with van der Waals surface area (Å²) in [6.07, 6.45) is 8.83. The lowest BCUT2D eigenvalue weighted by atomic mass is 9.83. The van der Waals surface area contributed by atoms with Crippen LogP contribution in [0.25, 0.3) is 0 Å². The summed E-state index contributed by atoms with van der Waals surface area (Å²) in [5.74, 6) is 1.87. The Morgan fingerprint density at radius 3 is 1.82 bits per heavy atom. The topological polar surface area (TPSA) is 20.3 Å². The summed E-state index contributed by atoms with van der Waals surface area (Å²) in [6, 6.07) is 0. The summed E-state index contributed by atoms with van der Waals surface area (Å²) in [5, 5.41) is 0. The monoisotopic (exact) mass is 237 g/mol. The quantitative estimate of drug-likeness (QED) is 0.574. The van der Waals surface area contributed by atoms with Gasteiger partial charge in [0.15, 0.2) is 0 Å². The molecule has 2 saturated carbocycles. The van der Waals surface area contributed by atoms with Crippen molar-refractivity contribution in [2.24, 2.45) is 17.3 Å². The van der Waals surface area contributed by atoms with Crippen LogP contribution in [0.4, 0.5) is 0 Å². The molecule has 2 fully saturated rings. The standard InChI is InChI=1S/C15H27NO/c1-3-15(4-2,12-17)11-16(9-13-5-6-13)10-14-7-8-14/h12-14H,3-11H2,1-2H3. The van der Waals surface area contributed by atoms with Gasteiger partial charge in [0.2, 0.25) is 0 Å². The van der Waals surface area contributed by atoms with Crippen molar-refractivity contribution in [3.05, 3.63) is 0 Å². The van der Waals surface area contributed by atoms with Gasteiger partial charge in [0.1, 0.15) is 6.29 Å². The number of carbonyl (C=O) groups is 1. The average Bonchev–Trinajstić information content (AvgIpc) is 3.22. The Labute approximate surface area is 106 Å². The zero-order valence-corrected chi connectivity index (χ0v) is 11.5. The van der Waals surface area contributed by atoms with Gasteiger partial charge in [0.05, 0.1) is 0 Å². The van der Waals surface area contributed by atoms with Crippen molar-refractivity contribution in [3.8, 4) is 0 Å². The summed E-state index contributed by atoms with van der Waals surface area (Å²) in [5.41, 5.74) is -0.0796. The molecule has 0 spiro atoms. The highest BCUT2D eigenvalue weighted by Crippen LogP contribution is 2.35. The summed E-state index contributed by atoms with van der Waals surface area (Å²) < 4.78 is 0. The molecule has 2 rings (SSSR count). The van der Waals surface area contributed by atoms with Crippen LogP contribution in [0.5, 0.6) is 0 Å². The van der Waals surface area contributed by atoms with Gasteiger partial charge in [-0.15, -0.1) is 0 Å². The molecule has 17 heavy (non-hydrogen) atoms. The first-order valence-electron chi connectivity index (χ1n) is 7.40. The summed E-state index contributed by atoms with van der Waals surface area (Å²) in [4.78, 5) is 14.0. The zero-order valence-electron chi connectivity index (χ0n) is 11.5. The van der Waals surface area contributed by atoms with E-state index in [1.165, 1.54) is 45.1 Å². The third kappa shape index (κ3) is 3.80. The van der Waals surface area contributed by atoms with E-state index in [1.807, 2.05) is 0 Å². The maximum atomic E-state index is 11.4. The Morgan fingerprint density at radius 1 is 1.06 bits per heavy atom. The SMILES string of the molecule is CCC(C=O)(CC)CN(CC1CC1)CC1CC1. The van der Waals surface area contributed by atoms with E-state index < -0.39 is 0 Å². The van der Waals surface area contributed by atoms with Crippen molar-refractivity contribution in [1.29, 1.82) is 0 Å². The van der Waals surface area contributed by atoms with Crippen LogP contribution < -0.4 is 0 Å². The number of aldehydes is 1. The third-order valence-electron chi connectivity index (χ3n) is 4.62. The number of hydrogen-bond acceptors (Lipinski definition) is 2. The maximum Gasteiger partial charge on any atom is 0.127 e. The first-order valence-corrected chi connectivity index (χ1v) is 7.40. The number of carbonyl (C=O) groups excluding carboxylic acids is 1. The van der Waals surface area contributed by atoms with Crippen LogP contribution in [-0.4, -0.2) is 30.8 Å². The molecule has 0 bridgehead atoms. The molecule has 2 heteroatoms. The van der Waals surface area contributed by atoms with Gasteiger partial charge in [-0.2, -0.15) is 0 Å². The summed E-state index contributed by atoms with van der Waals surface area (Å²) in [7, 11) is 0. The van der Waals surface area contributed by atoms with Crippen molar-refractivity contribution in [1.82, 2.24) is 4.90 Å². The molecule has 2 nitrogen and oxygen atoms in total. The van der Waals surface area contributed by atoms with E-state index in [4.69, 9.17) is 0 Å². The van der Waals surface area contributed by atoms with E-state index >= 15 is 0 Å². The molecule has 0 heterocycles. The molecule has 0 N–H and O–H groups in total. The second-order valence-corrected chi connectivity index (χ2v) is 6.27. The molecule has 0 aromatic rings. The van der Waals surface area contributed by atoms with Crippen LogP contribution >= 0.6 is 0 Å². The first kappa shape index (κ1) is 13.1. The Morgan fingerprint density at radius 2 is 1.53 bits per heavy atom. The minimum atomic E-state index is -0.0796. The molecule has 0 unspecified atom stereocenters. The molecule has 0 amide bonds. The fraction of sp³-hybridized carbons (Fsp3) is 0.933. The zero-order chi connectivity index (χ0) is 12.3. The van der Waals surface area contributed by atoms with E-state index in [2.05, 4.69) is 18.7 Å². The minimum absolute atomic E-state index is 0.0796. The molecule has 0 atom stereocenters. The van der Waals surface area contributed by atoms with E-state index in [1.54, 1.807) is 0 Å². The van der Waals surface area contributed by atoms with Gasteiger partial charge in [-0.3, -0.25) is 0 Å². The lowest BCUT2D eigenvalue weighted by Crippen LogP contribution is -2.40. The predicted molar refractivity (Wildman–Crippen MR) is 71.0 cm³/mol. The lowest BCUT2D eigenvalue weighted by molar-refractivity contribution is -0.117. The second kappa shape index (κ2) is 5.51. The van der Waals surface area contributed by atoms with Crippen LogP contribution in [0, 0.1) is 17.3 Å². The van der Waals surface area contributed by atoms with Crippen molar-refractivity contribution in [2.45, 2.75) is 52.4 Å². The second-order valence-electron chi connectivity index (χ2n) is 6.27. The molecule has 0 saturated heterocycles. The van der Waals surface area contributed by atoms with Crippen LogP contribution in [0.1, 0.15) is 52.4 Å². The Hall–Kier alpha value is -0.370. The highest BCUT2D eigenvalue weighted by Gasteiger charge is 2.34.